The topological polar surface area (TPSA) is 98.5 Å². The number of nitrogens with zero attached hydrogens (tertiary/aromatic N) is 4. The van der Waals surface area contributed by atoms with Gasteiger partial charge in [-0.3, -0.25) is 24.8 Å². The molecule has 1 amide bonds. The molecule has 0 unspecified atom stereocenters. The molecule has 0 aliphatic rings. The minimum Gasteiger partial charge on any atom is -0.497 e. The van der Waals surface area contributed by atoms with Crippen LogP contribution in [0, 0.1) is 10.1 Å². The van der Waals surface area contributed by atoms with E-state index in [-0.39, 0.29) is 17.8 Å². The van der Waals surface area contributed by atoms with E-state index in [1.54, 1.807) is 31.5 Å². The molecule has 150 valence electrons. The van der Waals surface area contributed by atoms with Crippen LogP contribution in [0.3, 0.4) is 0 Å². The molecular weight excluding hydrogens is 404 g/mol. The average Bonchev–Trinajstić information content (AvgIpc) is 3.20. The molecule has 0 saturated carbocycles. The van der Waals surface area contributed by atoms with Gasteiger partial charge in [-0.15, -0.1) is 0 Å². The predicted molar refractivity (Wildman–Crippen MR) is 114 cm³/mol. The van der Waals surface area contributed by atoms with Gasteiger partial charge in [0.2, 0.25) is 0 Å². The minimum atomic E-state index is -0.524. The van der Waals surface area contributed by atoms with E-state index in [1.165, 1.54) is 34.4 Å². The SMILES string of the molecule is COc1ccc2sc(N(Cc3ccccn3)C(=O)c3cccc([N+](=O)[O-])c3)nc2c1. The van der Waals surface area contributed by atoms with Gasteiger partial charge in [0.05, 0.1) is 34.5 Å². The van der Waals surface area contributed by atoms with Crippen molar-refractivity contribution in [3.8, 4) is 5.75 Å². The van der Waals surface area contributed by atoms with E-state index in [1.807, 2.05) is 24.3 Å². The summed E-state index contributed by atoms with van der Waals surface area (Å²) in [4.78, 5) is 34.3. The predicted octanol–water partition coefficient (Wildman–Crippen LogP) is 4.46. The monoisotopic (exact) mass is 420 g/mol. The van der Waals surface area contributed by atoms with Gasteiger partial charge in [0.15, 0.2) is 5.13 Å². The summed E-state index contributed by atoms with van der Waals surface area (Å²) in [6.07, 6.45) is 1.65. The molecule has 0 atom stereocenters. The normalized spacial score (nSPS) is 10.7. The molecule has 0 spiro atoms. The number of anilines is 1. The van der Waals surface area contributed by atoms with Crippen molar-refractivity contribution in [3.05, 3.63) is 88.2 Å². The number of thiazole rings is 1. The Hall–Kier alpha value is -3.85. The summed E-state index contributed by atoms with van der Waals surface area (Å²) in [6, 6.07) is 16.6. The Kier molecular flexibility index (Phi) is 5.36. The number of nitro benzene ring substituents is 1. The zero-order valence-electron chi connectivity index (χ0n) is 15.9. The lowest BCUT2D eigenvalue weighted by Gasteiger charge is -2.19. The maximum atomic E-state index is 13.3. The lowest BCUT2D eigenvalue weighted by Crippen LogP contribution is -2.30. The second-order valence-electron chi connectivity index (χ2n) is 6.35. The van der Waals surface area contributed by atoms with Crippen LogP contribution in [0.4, 0.5) is 10.8 Å². The van der Waals surface area contributed by atoms with Crippen molar-refractivity contribution in [3.63, 3.8) is 0 Å². The summed E-state index contributed by atoms with van der Waals surface area (Å²) in [6.45, 7) is 0.180. The van der Waals surface area contributed by atoms with Crippen molar-refractivity contribution < 1.29 is 14.5 Å². The second kappa shape index (κ2) is 8.26. The molecule has 0 fully saturated rings. The first-order valence-electron chi connectivity index (χ1n) is 8.96. The van der Waals surface area contributed by atoms with E-state index in [4.69, 9.17) is 4.74 Å². The van der Waals surface area contributed by atoms with E-state index in [9.17, 15) is 14.9 Å². The molecule has 4 aromatic rings. The number of methoxy groups -OCH3 is 1. The maximum Gasteiger partial charge on any atom is 0.270 e. The first-order chi connectivity index (χ1) is 14.5. The highest BCUT2D eigenvalue weighted by molar-refractivity contribution is 7.22. The number of hydrogen-bond acceptors (Lipinski definition) is 7. The van der Waals surface area contributed by atoms with Gasteiger partial charge in [-0.05, 0) is 30.3 Å². The van der Waals surface area contributed by atoms with E-state index < -0.39 is 10.8 Å². The Balaban J connectivity index is 1.77. The minimum absolute atomic E-state index is 0.146. The van der Waals surface area contributed by atoms with Crippen molar-refractivity contribution in [2.75, 3.05) is 12.0 Å². The Labute approximate surface area is 175 Å². The molecular formula is C21H16N4O4S. The third-order valence-corrected chi connectivity index (χ3v) is 5.47. The van der Waals surface area contributed by atoms with Crippen LogP contribution in [0.5, 0.6) is 5.75 Å². The Morgan fingerprint density at radius 1 is 1.17 bits per heavy atom. The van der Waals surface area contributed by atoms with E-state index in [2.05, 4.69) is 9.97 Å². The number of amides is 1. The van der Waals surface area contributed by atoms with E-state index in [0.717, 1.165) is 4.70 Å². The number of ether oxygens (including phenoxy) is 1. The zero-order chi connectivity index (χ0) is 21.1. The number of aromatic nitrogens is 2. The van der Waals surface area contributed by atoms with Crippen LogP contribution in [-0.4, -0.2) is 27.9 Å². The van der Waals surface area contributed by atoms with Gasteiger partial charge >= 0.3 is 0 Å². The van der Waals surface area contributed by atoms with E-state index >= 15 is 0 Å². The molecule has 0 bridgehead atoms. The number of rotatable bonds is 6. The van der Waals surface area contributed by atoms with Crippen molar-refractivity contribution in [2.24, 2.45) is 0 Å². The molecule has 2 heterocycles. The summed E-state index contributed by atoms with van der Waals surface area (Å²) in [5.41, 5.74) is 1.44. The molecule has 0 aliphatic carbocycles. The van der Waals surface area contributed by atoms with Crippen molar-refractivity contribution in [2.45, 2.75) is 6.54 Å². The van der Waals surface area contributed by atoms with Crippen LogP contribution in [0.1, 0.15) is 16.1 Å². The van der Waals surface area contributed by atoms with Gasteiger partial charge in [-0.25, -0.2) is 4.98 Å². The van der Waals surface area contributed by atoms with Crippen molar-refractivity contribution in [1.29, 1.82) is 0 Å². The standard InChI is InChI=1S/C21H16N4O4S/c1-29-17-8-9-19-18(12-17)23-21(30-19)24(13-15-6-2-3-10-22-15)20(26)14-5-4-7-16(11-14)25(27)28/h2-12H,13H2,1H3. The second-order valence-corrected chi connectivity index (χ2v) is 7.36. The molecule has 8 nitrogen and oxygen atoms in total. The Morgan fingerprint density at radius 2 is 2.03 bits per heavy atom. The maximum absolute atomic E-state index is 13.3. The number of carbonyl (C=O) groups excluding carboxylic acids is 1. The quantitative estimate of drug-likeness (QED) is 0.337. The molecule has 9 heteroatoms. The fourth-order valence-corrected chi connectivity index (χ4v) is 3.87. The number of hydrogen-bond donors (Lipinski definition) is 0. The third kappa shape index (κ3) is 3.96. The number of benzene rings is 2. The average molecular weight is 420 g/mol. The fraction of sp³-hybridized carbons (Fsp3) is 0.0952. The molecule has 0 radical (unpaired) electrons. The first kappa shape index (κ1) is 19.5. The molecule has 2 aromatic carbocycles. The van der Waals surface area contributed by atoms with Crippen molar-refractivity contribution >= 4 is 38.3 Å². The number of pyridine rings is 1. The van der Waals surface area contributed by atoms with Crippen LogP contribution < -0.4 is 9.64 Å². The van der Waals surface area contributed by atoms with Gasteiger partial charge in [-0.1, -0.05) is 23.5 Å². The van der Waals surface area contributed by atoms with Crippen molar-refractivity contribution in [1.82, 2.24) is 9.97 Å². The molecule has 2 aromatic heterocycles. The largest absolute Gasteiger partial charge is 0.497 e. The summed E-state index contributed by atoms with van der Waals surface area (Å²) >= 11 is 1.35. The number of nitro groups is 1. The van der Waals surface area contributed by atoms with Crippen LogP contribution in [-0.2, 0) is 6.54 Å². The highest BCUT2D eigenvalue weighted by Crippen LogP contribution is 2.33. The van der Waals surface area contributed by atoms with Gasteiger partial charge in [0.1, 0.15) is 5.75 Å². The Morgan fingerprint density at radius 3 is 2.77 bits per heavy atom. The number of non-ortho nitro benzene ring substituents is 1. The molecule has 0 N–H and O–H groups in total. The summed E-state index contributed by atoms with van der Waals surface area (Å²) in [5.74, 6) is 0.274. The number of fused-ring (bicyclic) bond motifs is 1. The summed E-state index contributed by atoms with van der Waals surface area (Å²) < 4.78 is 6.14. The molecule has 0 aliphatic heterocycles. The van der Waals surface area contributed by atoms with Crippen LogP contribution in [0.15, 0.2) is 66.9 Å². The molecule has 4 rings (SSSR count). The van der Waals surface area contributed by atoms with E-state index in [0.29, 0.717) is 22.1 Å². The lowest BCUT2D eigenvalue weighted by molar-refractivity contribution is -0.384. The van der Waals surface area contributed by atoms with Crippen LogP contribution in [0.25, 0.3) is 10.2 Å². The lowest BCUT2D eigenvalue weighted by atomic mass is 10.1. The first-order valence-corrected chi connectivity index (χ1v) is 9.77. The smallest absolute Gasteiger partial charge is 0.270 e. The van der Waals surface area contributed by atoms with Crippen LogP contribution in [0.2, 0.25) is 0 Å². The van der Waals surface area contributed by atoms with Gasteiger partial charge in [-0.2, -0.15) is 0 Å². The number of carbonyl (C=O) groups is 1. The highest BCUT2D eigenvalue weighted by Gasteiger charge is 2.23. The highest BCUT2D eigenvalue weighted by atomic mass is 32.1. The third-order valence-electron chi connectivity index (χ3n) is 4.41. The van der Waals surface area contributed by atoms with Gasteiger partial charge in [0, 0.05) is 30.0 Å². The summed E-state index contributed by atoms with van der Waals surface area (Å²) in [5, 5.41) is 11.6. The Bertz CT molecular complexity index is 1230. The molecule has 0 saturated heterocycles. The fourth-order valence-electron chi connectivity index (χ4n) is 2.93. The van der Waals surface area contributed by atoms with Gasteiger partial charge < -0.3 is 4.74 Å². The van der Waals surface area contributed by atoms with Crippen LogP contribution >= 0.6 is 11.3 Å². The molecule has 30 heavy (non-hydrogen) atoms. The summed E-state index contributed by atoms with van der Waals surface area (Å²) in [7, 11) is 1.58. The zero-order valence-corrected chi connectivity index (χ0v) is 16.7. The van der Waals surface area contributed by atoms with Gasteiger partial charge in [0.25, 0.3) is 11.6 Å².